The van der Waals surface area contributed by atoms with Crippen molar-refractivity contribution in [3.05, 3.63) is 23.8 Å². The number of aliphatic hydroxyl groups is 1. The second-order valence-corrected chi connectivity index (χ2v) is 8.13. The number of hydrogen-bond donors (Lipinski definition) is 4. The second-order valence-electron chi connectivity index (χ2n) is 8.13. The monoisotopic (exact) mass is 431 g/mol. The van der Waals surface area contributed by atoms with Gasteiger partial charge in [0.25, 0.3) is 0 Å². The van der Waals surface area contributed by atoms with Crippen molar-refractivity contribution >= 4 is 29.3 Å². The number of ether oxygens (including phenoxy) is 1. The first kappa shape index (κ1) is 21.7. The van der Waals surface area contributed by atoms with Crippen molar-refractivity contribution in [2.24, 2.45) is 0 Å². The number of nitrogens with zero attached hydrogens (tertiary/aromatic N) is 1. The number of carboxylic acid groups (broad SMARTS) is 1. The van der Waals surface area contributed by atoms with E-state index in [9.17, 15) is 37.8 Å². The van der Waals surface area contributed by atoms with Gasteiger partial charge >= 0.3 is 24.1 Å². The molecular weight excluding hydrogens is 411 g/mol. The highest BCUT2D eigenvalue weighted by molar-refractivity contribution is 5.95. The number of carbonyl (C=O) groups excluding carboxylic acids is 2. The smallest absolute Gasteiger partial charge is 0.471 e. The topological polar surface area (TPSA) is 128 Å². The van der Waals surface area contributed by atoms with Gasteiger partial charge in [0, 0.05) is 23.4 Å². The van der Waals surface area contributed by atoms with Gasteiger partial charge in [-0.2, -0.15) is 13.2 Å². The van der Waals surface area contributed by atoms with E-state index >= 15 is 0 Å². The van der Waals surface area contributed by atoms with Gasteiger partial charge in [-0.1, -0.05) is 6.07 Å². The van der Waals surface area contributed by atoms with Crippen molar-refractivity contribution in [1.82, 2.24) is 4.90 Å². The lowest BCUT2D eigenvalue weighted by Crippen LogP contribution is -2.51. The van der Waals surface area contributed by atoms with E-state index in [4.69, 9.17) is 4.74 Å². The Morgan fingerprint density at radius 2 is 1.90 bits per heavy atom. The molecule has 0 spiro atoms. The zero-order valence-electron chi connectivity index (χ0n) is 16.2. The maximum Gasteiger partial charge on any atom is 0.471 e. The number of benzene rings is 1. The van der Waals surface area contributed by atoms with Gasteiger partial charge in [-0.15, -0.1) is 0 Å². The average Bonchev–Trinajstić information content (AvgIpc) is 3.00. The number of carbonyl (C=O) groups is 3. The van der Waals surface area contributed by atoms with Crippen LogP contribution in [0.25, 0.3) is 0 Å². The highest BCUT2D eigenvalue weighted by Gasteiger charge is 2.61. The lowest BCUT2D eigenvalue weighted by Gasteiger charge is -2.31. The minimum Gasteiger partial charge on any atom is -0.480 e. The summed E-state index contributed by atoms with van der Waals surface area (Å²) in [6.45, 7) is 4.78. The van der Waals surface area contributed by atoms with Crippen LogP contribution in [0.5, 0.6) is 0 Å². The summed E-state index contributed by atoms with van der Waals surface area (Å²) in [5, 5.41) is 25.2. The van der Waals surface area contributed by atoms with Crippen molar-refractivity contribution < 1.29 is 42.5 Å². The molecule has 0 saturated carbocycles. The van der Waals surface area contributed by atoms with Gasteiger partial charge in [0.15, 0.2) is 0 Å². The zero-order valence-corrected chi connectivity index (χ0v) is 16.2. The summed E-state index contributed by atoms with van der Waals surface area (Å²) in [4.78, 5) is 36.3. The minimum atomic E-state index is -5.08. The number of carboxylic acids is 1. The Bertz CT molecular complexity index is 913. The van der Waals surface area contributed by atoms with E-state index < -0.39 is 47.6 Å². The standard InChI is InChI=1S/C18H20F3N3O6/c1-16(2,3)30-15(28)24-11(12(25)26)7-17(29)9-5-4-8(6-10(9)23-13(17)24)22-14(27)18(19,20)21/h4-6,11,13,23,29H,7H2,1-3H3,(H,22,27)(H,25,26)/t11-,13+,17-/m0/s1. The first-order valence-electron chi connectivity index (χ1n) is 8.89. The van der Waals surface area contributed by atoms with Crippen molar-refractivity contribution in [2.75, 3.05) is 10.6 Å². The number of likely N-dealkylation sites (tertiary alicyclic amines) is 1. The Hall–Kier alpha value is -3.02. The molecular formula is C18H20F3N3O6. The fraction of sp³-hybridized carbons (Fsp3) is 0.500. The lowest BCUT2D eigenvalue weighted by atomic mass is 9.91. The van der Waals surface area contributed by atoms with Crippen molar-refractivity contribution in [2.45, 2.75) is 56.8 Å². The number of halogens is 3. The van der Waals surface area contributed by atoms with Gasteiger partial charge in [0.1, 0.15) is 23.4 Å². The molecule has 3 rings (SSSR count). The van der Waals surface area contributed by atoms with Crippen LogP contribution in [0.2, 0.25) is 0 Å². The number of rotatable bonds is 2. The molecule has 12 heteroatoms. The lowest BCUT2D eigenvalue weighted by molar-refractivity contribution is -0.167. The van der Waals surface area contributed by atoms with E-state index in [0.29, 0.717) is 0 Å². The van der Waals surface area contributed by atoms with Gasteiger partial charge in [0.2, 0.25) is 0 Å². The van der Waals surface area contributed by atoms with Gasteiger partial charge in [0.05, 0.1) is 0 Å². The summed E-state index contributed by atoms with van der Waals surface area (Å²) >= 11 is 0. The number of amides is 2. The van der Waals surface area contributed by atoms with Crippen molar-refractivity contribution in [3.8, 4) is 0 Å². The first-order chi connectivity index (χ1) is 13.6. The Balaban J connectivity index is 1.93. The van der Waals surface area contributed by atoms with Crippen LogP contribution in [-0.4, -0.2) is 57.1 Å². The molecule has 0 bridgehead atoms. The molecule has 2 aliphatic rings. The summed E-state index contributed by atoms with van der Waals surface area (Å²) in [7, 11) is 0. The number of hydrogen-bond acceptors (Lipinski definition) is 6. The van der Waals surface area contributed by atoms with E-state index in [1.807, 2.05) is 0 Å². The Morgan fingerprint density at radius 1 is 1.27 bits per heavy atom. The van der Waals surface area contributed by atoms with Crippen LogP contribution >= 0.6 is 0 Å². The van der Waals surface area contributed by atoms with Crippen LogP contribution < -0.4 is 10.6 Å². The largest absolute Gasteiger partial charge is 0.480 e. The minimum absolute atomic E-state index is 0.153. The Kier molecular flexibility index (Phi) is 4.88. The summed E-state index contributed by atoms with van der Waals surface area (Å²) in [6, 6.07) is 2.20. The van der Waals surface area contributed by atoms with Crippen LogP contribution in [0.4, 0.5) is 29.3 Å². The number of alkyl halides is 3. The Labute approximate surface area is 168 Å². The highest BCUT2D eigenvalue weighted by Crippen LogP contribution is 2.50. The fourth-order valence-corrected chi connectivity index (χ4v) is 3.58. The summed E-state index contributed by atoms with van der Waals surface area (Å²) in [6.07, 6.45) is -7.64. The molecule has 1 aromatic rings. The molecule has 1 saturated heterocycles. The Morgan fingerprint density at radius 3 is 2.43 bits per heavy atom. The number of anilines is 2. The van der Waals surface area contributed by atoms with E-state index in [2.05, 4.69) is 5.32 Å². The molecule has 164 valence electrons. The van der Waals surface area contributed by atoms with Crippen LogP contribution in [0.3, 0.4) is 0 Å². The maximum absolute atomic E-state index is 12.6. The molecule has 0 aliphatic carbocycles. The molecule has 0 radical (unpaired) electrons. The van der Waals surface area contributed by atoms with E-state index in [1.165, 1.54) is 6.07 Å². The van der Waals surface area contributed by atoms with E-state index in [0.717, 1.165) is 17.0 Å². The average molecular weight is 431 g/mol. The van der Waals surface area contributed by atoms with Gasteiger partial charge in [-0.3, -0.25) is 9.69 Å². The third kappa shape index (κ3) is 3.74. The SMILES string of the molecule is CC(C)(C)OC(=O)N1[C@H]2Nc3cc(NC(=O)C(F)(F)F)ccc3[C@@]2(O)C[C@H]1C(=O)O. The molecule has 1 fully saturated rings. The van der Waals surface area contributed by atoms with Crippen LogP contribution in [-0.2, 0) is 19.9 Å². The van der Waals surface area contributed by atoms with Crippen LogP contribution in [0.15, 0.2) is 18.2 Å². The molecule has 1 aromatic carbocycles. The highest BCUT2D eigenvalue weighted by atomic mass is 19.4. The van der Waals surface area contributed by atoms with E-state index in [1.54, 1.807) is 26.1 Å². The zero-order chi connectivity index (χ0) is 22.6. The van der Waals surface area contributed by atoms with Crippen LogP contribution in [0, 0.1) is 0 Å². The molecule has 4 N–H and O–H groups in total. The molecule has 2 aliphatic heterocycles. The molecule has 9 nitrogen and oxygen atoms in total. The summed E-state index contributed by atoms with van der Waals surface area (Å²) < 4.78 is 42.7. The first-order valence-corrected chi connectivity index (χ1v) is 8.89. The maximum atomic E-state index is 12.6. The third-order valence-electron chi connectivity index (χ3n) is 4.75. The van der Waals surface area contributed by atoms with Gasteiger partial charge in [-0.05, 0) is 32.9 Å². The summed E-state index contributed by atoms with van der Waals surface area (Å²) in [5.74, 6) is -3.51. The van der Waals surface area contributed by atoms with Gasteiger partial charge < -0.3 is 25.6 Å². The fourth-order valence-electron chi connectivity index (χ4n) is 3.58. The molecule has 30 heavy (non-hydrogen) atoms. The summed E-state index contributed by atoms with van der Waals surface area (Å²) in [5.41, 5.74) is -2.59. The van der Waals surface area contributed by atoms with Crippen molar-refractivity contribution in [3.63, 3.8) is 0 Å². The predicted molar refractivity (Wildman–Crippen MR) is 96.5 cm³/mol. The molecule has 0 unspecified atom stereocenters. The second kappa shape index (κ2) is 6.76. The van der Waals surface area contributed by atoms with Gasteiger partial charge in [-0.25, -0.2) is 9.59 Å². The molecule has 2 heterocycles. The number of nitrogens with one attached hydrogen (secondary N) is 2. The van der Waals surface area contributed by atoms with Crippen LogP contribution in [0.1, 0.15) is 32.8 Å². The quantitative estimate of drug-likeness (QED) is 0.565. The number of fused-ring (bicyclic) bond motifs is 3. The van der Waals surface area contributed by atoms with E-state index in [-0.39, 0.29) is 23.4 Å². The normalized spacial score (nSPS) is 25.2. The third-order valence-corrected chi connectivity index (χ3v) is 4.75. The van der Waals surface area contributed by atoms with Crippen molar-refractivity contribution in [1.29, 1.82) is 0 Å². The molecule has 3 atom stereocenters. The molecule has 2 amide bonds. The molecule has 0 aromatic heterocycles. The number of aliphatic carboxylic acids is 1. The predicted octanol–water partition coefficient (Wildman–Crippen LogP) is 2.22.